The molecule has 1 unspecified atom stereocenters. The van der Waals surface area contributed by atoms with Gasteiger partial charge < -0.3 is 15.4 Å². The van der Waals surface area contributed by atoms with Crippen LogP contribution in [0.15, 0.2) is 18.7 Å². The third-order valence-corrected chi connectivity index (χ3v) is 2.60. The molecule has 16 heavy (non-hydrogen) atoms. The molecule has 1 aliphatic heterocycles. The van der Waals surface area contributed by atoms with E-state index in [4.69, 9.17) is 4.74 Å². The van der Waals surface area contributed by atoms with Gasteiger partial charge in [0.25, 0.3) is 5.91 Å². The molecule has 86 valence electrons. The topological polar surface area (TPSA) is 76.1 Å². The minimum atomic E-state index is -0.170. The van der Waals surface area contributed by atoms with E-state index in [0.29, 0.717) is 5.56 Å². The molecule has 2 N–H and O–H groups in total. The summed E-state index contributed by atoms with van der Waals surface area (Å²) in [5.41, 5.74) is 0.462. The summed E-state index contributed by atoms with van der Waals surface area (Å²) in [5.74, 6) is -0.170. The Kier molecular flexibility index (Phi) is 3.43. The number of carbonyl (C=O) groups excluding carboxylic acids is 1. The number of carbonyl (C=O) groups is 1. The van der Waals surface area contributed by atoms with E-state index in [-0.39, 0.29) is 18.1 Å². The number of nitrogens with zero attached hydrogens (tertiary/aromatic N) is 2. The maximum atomic E-state index is 11.8. The number of aromatic nitrogens is 2. The first-order valence-electron chi connectivity index (χ1n) is 5.10. The Morgan fingerprint density at radius 3 is 2.94 bits per heavy atom. The van der Waals surface area contributed by atoms with E-state index in [2.05, 4.69) is 20.6 Å². The molecular weight excluding hydrogens is 208 g/mol. The monoisotopic (exact) mass is 222 g/mol. The second kappa shape index (κ2) is 5.00. The normalized spacial score (nSPS) is 24.3. The number of hydrogen-bond donors (Lipinski definition) is 2. The van der Waals surface area contributed by atoms with Gasteiger partial charge in [0.1, 0.15) is 6.33 Å². The molecule has 0 aromatic carbocycles. The van der Waals surface area contributed by atoms with Gasteiger partial charge in [-0.15, -0.1) is 0 Å². The van der Waals surface area contributed by atoms with Crippen LogP contribution in [0.25, 0.3) is 0 Å². The van der Waals surface area contributed by atoms with Crippen molar-refractivity contribution >= 4 is 5.91 Å². The van der Waals surface area contributed by atoms with Crippen molar-refractivity contribution in [3.05, 3.63) is 24.3 Å². The summed E-state index contributed by atoms with van der Waals surface area (Å²) in [5, 5.41) is 6.05. The number of ether oxygens (including phenoxy) is 1. The quantitative estimate of drug-likeness (QED) is 0.699. The van der Waals surface area contributed by atoms with Gasteiger partial charge in [0, 0.05) is 32.6 Å². The van der Waals surface area contributed by atoms with Gasteiger partial charge in [-0.3, -0.25) is 4.79 Å². The standard InChI is InChI=1S/C10H14N4O2/c1-16-9-5-11-4-8(9)14-10(15)7-2-12-6-13-3-7/h2-3,6,8-9,11H,4-5H2,1H3,(H,14,15)/t8?,9-/m0/s1. The van der Waals surface area contributed by atoms with Gasteiger partial charge in [-0.2, -0.15) is 0 Å². The third kappa shape index (κ3) is 2.34. The first kappa shape index (κ1) is 11.0. The summed E-state index contributed by atoms with van der Waals surface area (Å²) in [6.45, 7) is 1.48. The van der Waals surface area contributed by atoms with E-state index in [1.165, 1.54) is 18.7 Å². The molecule has 0 spiro atoms. The zero-order valence-corrected chi connectivity index (χ0v) is 9.01. The van der Waals surface area contributed by atoms with Crippen molar-refractivity contribution in [3.63, 3.8) is 0 Å². The molecule has 1 aromatic rings. The molecule has 0 bridgehead atoms. The third-order valence-electron chi connectivity index (χ3n) is 2.60. The van der Waals surface area contributed by atoms with Crippen LogP contribution in [-0.4, -0.2) is 48.2 Å². The van der Waals surface area contributed by atoms with Crippen LogP contribution >= 0.6 is 0 Å². The van der Waals surface area contributed by atoms with E-state index in [1.807, 2.05) is 0 Å². The lowest BCUT2D eigenvalue weighted by Crippen LogP contribution is -2.43. The van der Waals surface area contributed by atoms with Crippen molar-refractivity contribution < 1.29 is 9.53 Å². The van der Waals surface area contributed by atoms with Crippen molar-refractivity contribution in [2.45, 2.75) is 12.1 Å². The molecule has 1 amide bonds. The summed E-state index contributed by atoms with van der Waals surface area (Å²) < 4.78 is 5.25. The summed E-state index contributed by atoms with van der Waals surface area (Å²) in [7, 11) is 1.64. The van der Waals surface area contributed by atoms with Crippen LogP contribution in [0.2, 0.25) is 0 Å². The fourth-order valence-corrected chi connectivity index (χ4v) is 1.71. The maximum absolute atomic E-state index is 11.8. The van der Waals surface area contributed by atoms with E-state index in [1.54, 1.807) is 7.11 Å². The minimum absolute atomic E-state index is 0.00212. The smallest absolute Gasteiger partial charge is 0.254 e. The summed E-state index contributed by atoms with van der Waals surface area (Å²) in [4.78, 5) is 19.4. The highest BCUT2D eigenvalue weighted by atomic mass is 16.5. The van der Waals surface area contributed by atoms with Crippen LogP contribution in [0.5, 0.6) is 0 Å². The predicted octanol–water partition coefficient (Wildman–Crippen LogP) is -0.807. The Morgan fingerprint density at radius 1 is 1.50 bits per heavy atom. The highest BCUT2D eigenvalue weighted by molar-refractivity contribution is 5.93. The molecule has 6 nitrogen and oxygen atoms in total. The Morgan fingerprint density at radius 2 is 2.25 bits per heavy atom. The van der Waals surface area contributed by atoms with E-state index in [0.717, 1.165) is 13.1 Å². The Labute approximate surface area is 93.4 Å². The Bertz CT molecular complexity index is 357. The molecule has 0 aliphatic carbocycles. The molecular formula is C10H14N4O2. The van der Waals surface area contributed by atoms with Crippen LogP contribution in [0.3, 0.4) is 0 Å². The lowest BCUT2D eigenvalue weighted by Gasteiger charge is -2.18. The maximum Gasteiger partial charge on any atom is 0.254 e. The van der Waals surface area contributed by atoms with Crippen LogP contribution in [0.4, 0.5) is 0 Å². The largest absolute Gasteiger partial charge is 0.378 e. The molecule has 1 aliphatic rings. The second-order valence-electron chi connectivity index (χ2n) is 3.64. The van der Waals surface area contributed by atoms with Crippen molar-refractivity contribution in [2.24, 2.45) is 0 Å². The van der Waals surface area contributed by atoms with Crippen LogP contribution < -0.4 is 10.6 Å². The average molecular weight is 222 g/mol. The van der Waals surface area contributed by atoms with Gasteiger partial charge in [0.15, 0.2) is 0 Å². The zero-order valence-electron chi connectivity index (χ0n) is 9.01. The van der Waals surface area contributed by atoms with Gasteiger partial charge in [0.05, 0.1) is 17.7 Å². The van der Waals surface area contributed by atoms with Gasteiger partial charge in [-0.25, -0.2) is 9.97 Å². The zero-order chi connectivity index (χ0) is 11.4. The lowest BCUT2D eigenvalue weighted by molar-refractivity contribution is 0.0779. The fourth-order valence-electron chi connectivity index (χ4n) is 1.71. The Hall–Kier alpha value is -1.53. The van der Waals surface area contributed by atoms with Crippen LogP contribution in [0.1, 0.15) is 10.4 Å². The van der Waals surface area contributed by atoms with Gasteiger partial charge in [-0.1, -0.05) is 0 Å². The Balaban J connectivity index is 1.97. The minimum Gasteiger partial charge on any atom is -0.378 e. The first-order valence-corrected chi connectivity index (χ1v) is 5.10. The average Bonchev–Trinajstić information content (AvgIpc) is 2.77. The fraction of sp³-hybridized carbons (Fsp3) is 0.500. The van der Waals surface area contributed by atoms with Crippen molar-refractivity contribution in [3.8, 4) is 0 Å². The molecule has 1 aromatic heterocycles. The number of methoxy groups -OCH3 is 1. The summed E-state index contributed by atoms with van der Waals surface area (Å²) >= 11 is 0. The van der Waals surface area contributed by atoms with Crippen molar-refractivity contribution in [1.82, 2.24) is 20.6 Å². The lowest BCUT2D eigenvalue weighted by atomic mass is 10.2. The molecule has 6 heteroatoms. The molecule has 2 rings (SSSR count). The number of amides is 1. The van der Waals surface area contributed by atoms with Crippen molar-refractivity contribution in [1.29, 1.82) is 0 Å². The number of nitrogens with one attached hydrogen (secondary N) is 2. The molecule has 2 heterocycles. The summed E-state index contributed by atoms with van der Waals surface area (Å²) in [6.07, 6.45) is 4.40. The van der Waals surface area contributed by atoms with Gasteiger partial charge in [0.2, 0.25) is 0 Å². The molecule has 0 saturated carbocycles. The van der Waals surface area contributed by atoms with E-state index < -0.39 is 0 Å². The van der Waals surface area contributed by atoms with E-state index >= 15 is 0 Å². The van der Waals surface area contributed by atoms with Crippen LogP contribution in [0, 0.1) is 0 Å². The SMILES string of the molecule is CO[C@H]1CNCC1NC(=O)c1cncnc1. The van der Waals surface area contributed by atoms with E-state index in [9.17, 15) is 4.79 Å². The molecule has 0 radical (unpaired) electrons. The van der Waals surface area contributed by atoms with Gasteiger partial charge >= 0.3 is 0 Å². The molecule has 1 fully saturated rings. The highest BCUT2D eigenvalue weighted by Gasteiger charge is 2.28. The summed E-state index contributed by atoms with van der Waals surface area (Å²) in [6, 6.07) is -0.00212. The van der Waals surface area contributed by atoms with Crippen LogP contribution in [-0.2, 0) is 4.74 Å². The predicted molar refractivity (Wildman–Crippen MR) is 57.0 cm³/mol. The van der Waals surface area contributed by atoms with Crippen molar-refractivity contribution in [2.75, 3.05) is 20.2 Å². The molecule has 1 saturated heterocycles. The first-order chi connectivity index (χ1) is 7.81. The highest BCUT2D eigenvalue weighted by Crippen LogP contribution is 2.05. The molecule has 2 atom stereocenters. The number of hydrogen-bond acceptors (Lipinski definition) is 5. The van der Waals surface area contributed by atoms with Gasteiger partial charge in [-0.05, 0) is 0 Å². The second-order valence-corrected chi connectivity index (χ2v) is 3.64. The number of rotatable bonds is 3.